The lowest BCUT2D eigenvalue weighted by molar-refractivity contribution is -0.115. The molecular formula is C16H19N5OS. The number of anilines is 2. The highest BCUT2D eigenvalue weighted by Gasteiger charge is 2.18. The summed E-state index contributed by atoms with van der Waals surface area (Å²) in [6.45, 7) is 3.73. The molecule has 120 valence electrons. The van der Waals surface area contributed by atoms with Crippen LogP contribution in [0.15, 0.2) is 47.8 Å². The minimum atomic E-state index is -0.341. The van der Waals surface area contributed by atoms with E-state index in [4.69, 9.17) is 5.73 Å². The Balaban J connectivity index is 1.61. The highest BCUT2D eigenvalue weighted by atomic mass is 32.2. The highest BCUT2D eigenvalue weighted by Crippen LogP contribution is 2.22. The number of nitrogens with zero attached hydrogens (tertiary/aromatic N) is 4. The zero-order valence-corrected chi connectivity index (χ0v) is 13.6. The van der Waals surface area contributed by atoms with Crippen molar-refractivity contribution >= 4 is 29.2 Å². The number of piperazine rings is 1. The number of para-hydroxylation sites is 1. The molecule has 1 aromatic carbocycles. The molecule has 1 aliphatic rings. The number of benzene rings is 1. The van der Waals surface area contributed by atoms with Crippen LogP contribution in [0.3, 0.4) is 0 Å². The van der Waals surface area contributed by atoms with Crippen LogP contribution in [0.1, 0.15) is 0 Å². The van der Waals surface area contributed by atoms with Gasteiger partial charge in [-0.3, -0.25) is 4.79 Å². The number of hydrogen-bond acceptors (Lipinski definition) is 6. The fourth-order valence-corrected chi connectivity index (χ4v) is 3.16. The van der Waals surface area contributed by atoms with Gasteiger partial charge in [0.1, 0.15) is 17.2 Å². The molecule has 2 heterocycles. The van der Waals surface area contributed by atoms with Gasteiger partial charge in [-0.15, -0.1) is 0 Å². The van der Waals surface area contributed by atoms with Crippen molar-refractivity contribution in [2.75, 3.05) is 41.7 Å². The summed E-state index contributed by atoms with van der Waals surface area (Å²) >= 11 is 1.34. The predicted octanol–water partition coefficient (Wildman–Crippen LogP) is 1.38. The Hall–Kier alpha value is -2.28. The van der Waals surface area contributed by atoms with E-state index in [1.807, 2.05) is 12.1 Å². The van der Waals surface area contributed by atoms with Crippen LogP contribution in [0.4, 0.5) is 11.5 Å². The summed E-state index contributed by atoms with van der Waals surface area (Å²) in [5, 5.41) is 0.777. The molecule has 0 aliphatic carbocycles. The van der Waals surface area contributed by atoms with Gasteiger partial charge in [-0.05, 0) is 12.1 Å². The second kappa shape index (κ2) is 7.32. The molecule has 0 unspecified atom stereocenters. The van der Waals surface area contributed by atoms with Crippen LogP contribution >= 0.6 is 11.8 Å². The number of carbonyl (C=O) groups is 1. The normalized spacial score (nSPS) is 14.8. The summed E-state index contributed by atoms with van der Waals surface area (Å²) in [6.07, 6.45) is 1.54. The molecule has 2 N–H and O–H groups in total. The van der Waals surface area contributed by atoms with E-state index in [2.05, 4.69) is 44.0 Å². The zero-order valence-electron chi connectivity index (χ0n) is 12.8. The number of rotatable bonds is 5. The Morgan fingerprint density at radius 1 is 1.09 bits per heavy atom. The van der Waals surface area contributed by atoms with E-state index in [1.165, 1.54) is 17.4 Å². The molecule has 2 aromatic rings. The Morgan fingerprint density at radius 3 is 2.48 bits per heavy atom. The van der Waals surface area contributed by atoms with Gasteiger partial charge in [-0.25, -0.2) is 9.97 Å². The molecule has 1 aromatic heterocycles. The van der Waals surface area contributed by atoms with Crippen molar-refractivity contribution in [1.29, 1.82) is 0 Å². The Kier molecular flexibility index (Phi) is 4.97. The first-order valence-corrected chi connectivity index (χ1v) is 8.49. The molecule has 0 spiro atoms. The Labute approximate surface area is 139 Å². The quantitative estimate of drug-likeness (QED) is 0.660. The largest absolute Gasteiger partial charge is 0.369 e. The van der Waals surface area contributed by atoms with Gasteiger partial charge in [0.05, 0.1) is 5.75 Å². The summed E-state index contributed by atoms with van der Waals surface area (Å²) in [6, 6.07) is 12.4. The van der Waals surface area contributed by atoms with Crippen molar-refractivity contribution in [3.63, 3.8) is 0 Å². The third-order valence-electron chi connectivity index (χ3n) is 3.71. The van der Waals surface area contributed by atoms with Gasteiger partial charge in [0.2, 0.25) is 5.91 Å². The number of nitrogens with two attached hydrogens (primary N) is 1. The highest BCUT2D eigenvalue weighted by molar-refractivity contribution is 7.99. The van der Waals surface area contributed by atoms with Crippen molar-refractivity contribution in [3.05, 3.63) is 42.7 Å². The van der Waals surface area contributed by atoms with E-state index in [0.29, 0.717) is 0 Å². The van der Waals surface area contributed by atoms with Crippen LogP contribution < -0.4 is 15.5 Å². The molecule has 6 nitrogen and oxygen atoms in total. The van der Waals surface area contributed by atoms with E-state index in [-0.39, 0.29) is 11.7 Å². The maximum absolute atomic E-state index is 10.9. The Morgan fingerprint density at radius 2 is 1.78 bits per heavy atom. The van der Waals surface area contributed by atoms with E-state index >= 15 is 0 Å². The van der Waals surface area contributed by atoms with Crippen LogP contribution in [-0.2, 0) is 4.79 Å². The van der Waals surface area contributed by atoms with Crippen LogP contribution in [0.2, 0.25) is 0 Å². The Bertz CT molecular complexity index is 659. The van der Waals surface area contributed by atoms with Crippen LogP contribution in [-0.4, -0.2) is 47.8 Å². The van der Waals surface area contributed by atoms with Crippen molar-refractivity contribution in [1.82, 2.24) is 9.97 Å². The standard InChI is InChI=1S/C16H19N5OS/c17-14(22)11-23-16-10-15(18-12-19-16)21-8-6-20(7-9-21)13-4-2-1-3-5-13/h1-5,10,12H,6-9,11H2,(H2,17,22). The molecule has 23 heavy (non-hydrogen) atoms. The molecule has 1 aliphatic heterocycles. The molecule has 1 fully saturated rings. The van der Waals surface area contributed by atoms with Gasteiger partial charge >= 0.3 is 0 Å². The van der Waals surface area contributed by atoms with E-state index in [0.717, 1.165) is 37.0 Å². The summed E-state index contributed by atoms with van der Waals surface area (Å²) in [5.74, 6) is 0.796. The number of aromatic nitrogens is 2. The molecule has 0 radical (unpaired) electrons. The topological polar surface area (TPSA) is 75.4 Å². The molecule has 7 heteroatoms. The number of amides is 1. The lowest BCUT2D eigenvalue weighted by Gasteiger charge is -2.36. The first-order valence-electron chi connectivity index (χ1n) is 7.50. The van der Waals surface area contributed by atoms with E-state index in [9.17, 15) is 4.79 Å². The number of thioether (sulfide) groups is 1. The first kappa shape index (κ1) is 15.6. The van der Waals surface area contributed by atoms with Gasteiger partial charge in [0, 0.05) is 37.9 Å². The van der Waals surface area contributed by atoms with Gasteiger partial charge in [0.15, 0.2) is 0 Å². The zero-order chi connectivity index (χ0) is 16.1. The molecular weight excluding hydrogens is 310 g/mol. The summed E-state index contributed by atoms with van der Waals surface area (Å²) in [4.78, 5) is 24.0. The summed E-state index contributed by atoms with van der Waals surface area (Å²) in [5.41, 5.74) is 6.43. The molecule has 1 amide bonds. The van der Waals surface area contributed by atoms with Gasteiger partial charge in [-0.2, -0.15) is 0 Å². The summed E-state index contributed by atoms with van der Waals surface area (Å²) in [7, 11) is 0. The fraction of sp³-hybridized carbons (Fsp3) is 0.312. The van der Waals surface area contributed by atoms with Crippen molar-refractivity contribution in [2.45, 2.75) is 5.03 Å². The minimum Gasteiger partial charge on any atom is -0.369 e. The number of primary amides is 1. The van der Waals surface area contributed by atoms with E-state index < -0.39 is 0 Å². The van der Waals surface area contributed by atoms with E-state index in [1.54, 1.807) is 6.33 Å². The van der Waals surface area contributed by atoms with Crippen LogP contribution in [0.25, 0.3) is 0 Å². The first-order chi connectivity index (χ1) is 11.2. The lowest BCUT2D eigenvalue weighted by Crippen LogP contribution is -2.46. The fourth-order valence-electron chi connectivity index (χ4n) is 2.56. The van der Waals surface area contributed by atoms with Gasteiger partial charge < -0.3 is 15.5 Å². The molecule has 1 saturated heterocycles. The smallest absolute Gasteiger partial charge is 0.227 e. The molecule has 3 rings (SSSR count). The maximum Gasteiger partial charge on any atom is 0.227 e. The monoisotopic (exact) mass is 329 g/mol. The van der Waals surface area contributed by atoms with Crippen molar-refractivity contribution < 1.29 is 4.79 Å². The third-order valence-corrected chi connectivity index (χ3v) is 4.66. The third kappa shape index (κ3) is 4.13. The lowest BCUT2D eigenvalue weighted by atomic mass is 10.2. The van der Waals surface area contributed by atoms with Gasteiger partial charge in [-0.1, -0.05) is 30.0 Å². The minimum absolute atomic E-state index is 0.234. The average Bonchev–Trinajstić information content (AvgIpc) is 2.61. The van der Waals surface area contributed by atoms with Crippen LogP contribution in [0, 0.1) is 0 Å². The predicted molar refractivity (Wildman–Crippen MR) is 92.8 cm³/mol. The van der Waals surface area contributed by atoms with Crippen molar-refractivity contribution in [3.8, 4) is 0 Å². The summed E-state index contributed by atoms with van der Waals surface area (Å²) < 4.78 is 0. The maximum atomic E-state index is 10.9. The number of carbonyl (C=O) groups excluding carboxylic acids is 1. The average molecular weight is 329 g/mol. The van der Waals surface area contributed by atoms with Crippen molar-refractivity contribution in [2.24, 2.45) is 5.73 Å². The second-order valence-electron chi connectivity index (χ2n) is 5.28. The molecule has 0 bridgehead atoms. The van der Waals surface area contributed by atoms with Gasteiger partial charge in [0.25, 0.3) is 0 Å². The molecule has 0 atom stereocenters. The number of hydrogen-bond donors (Lipinski definition) is 1. The van der Waals surface area contributed by atoms with Crippen LogP contribution in [0.5, 0.6) is 0 Å². The second-order valence-corrected chi connectivity index (χ2v) is 6.27. The molecule has 0 saturated carbocycles. The SMILES string of the molecule is NC(=O)CSc1cc(N2CCN(c3ccccc3)CC2)ncn1.